The highest BCUT2D eigenvalue weighted by Gasteiger charge is 2.46. The highest BCUT2D eigenvalue weighted by Crippen LogP contribution is 2.40. The van der Waals surface area contributed by atoms with Crippen LogP contribution in [0, 0.1) is 0 Å². The second-order valence-electron chi connectivity index (χ2n) is 5.76. The largest absolute Gasteiger partial charge is 0.352 e. The normalized spacial score (nSPS) is 31.1. The van der Waals surface area contributed by atoms with Crippen LogP contribution in [0.1, 0.15) is 25.5 Å². The summed E-state index contributed by atoms with van der Waals surface area (Å²) in [6, 6.07) is 8.76. The molecule has 1 aromatic heterocycles. The summed E-state index contributed by atoms with van der Waals surface area (Å²) in [5, 5.41) is 1.42. The first kappa shape index (κ1) is 10.9. The van der Waals surface area contributed by atoms with Crippen molar-refractivity contribution in [2.45, 2.75) is 30.2 Å². The van der Waals surface area contributed by atoms with Gasteiger partial charge in [-0.1, -0.05) is 18.2 Å². The van der Waals surface area contributed by atoms with Crippen molar-refractivity contribution in [3.8, 4) is 0 Å². The highest BCUT2D eigenvalue weighted by atomic mass is 32.2. The van der Waals surface area contributed by atoms with Crippen molar-refractivity contribution in [3.63, 3.8) is 0 Å². The molecule has 94 valence electrons. The molecule has 0 bridgehead atoms. The Labute approximate surface area is 112 Å². The van der Waals surface area contributed by atoms with Crippen LogP contribution in [0.5, 0.6) is 0 Å². The zero-order valence-electron chi connectivity index (χ0n) is 10.8. The zero-order valence-corrected chi connectivity index (χ0v) is 11.6. The number of H-pyrrole nitrogens is 1. The molecule has 2 aromatic rings. The first-order valence-electron chi connectivity index (χ1n) is 6.88. The highest BCUT2D eigenvalue weighted by molar-refractivity contribution is 7.99. The van der Waals surface area contributed by atoms with E-state index in [0.717, 1.165) is 0 Å². The van der Waals surface area contributed by atoms with E-state index >= 15 is 0 Å². The molecule has 0 amide bonds. The Bertz CT molecular complexity index is 604. The van der Waals surface area contributed by atoms with Gasteiger partial charge in [0.2, 0.25) is 0 Å². The number of hydrogen-bond donors (Lipinski definition) is 2. The van der Waals surface area contributed by atoms with Gasteiger partial charge in [-0.15, -0.1) is 11.8 Å². The van der Waals surface area contributed by atoms with Crippen LogP contribution in [0.2, 0.25) is 0 Å². The number of para-hydroxylation sites is 1. The van der Waals surface area contributed by atoms with Crippen LogP contribution < -0.4 is 4.90 Å². The van der Waals surface area contributed by atoms with Gasteiger partial charge < -0.3 is 9.88 Å². The number of aromatic nitrogens is 1. The molecule has 3 heterocycles. The average molecular weight is 259 g/mol. The first-order chi connectivity index (χ1) is 8.79. The molecule has 2 atom stereocenters. The van der Waals surface area contributed by atoms with E-state index in [0.29, 0.717) is 5.54 Å². The van der Waals surface area contributed by atoms with Crippen molar-refractivity contribution in [1.29, 1.82) is 0 Å². The van der Waals surface area contributed by atoms with E-state index in [1.165, 1.54) is 53.2 Å². The Morgan fingerprint density at radius 2 is 2.17 bits per heavy atom. The maximum absolute atomic E-state index is 3.73. The van der Waals surface area contributed by atoms with E-state index in [2.05, 4.69) is 36.2 Å². The summed E-state index contributed by atoms with van der Waals surface area (Å²) >= 11 is 2.05. The molecular formula is C15H19N2S+. The lowest BCUT2D eigenvalue weighted by molar-refractivity contribution is -0.943. The van der Waals surface area contributed by atoms with Crippen LogP contribution >= 0.6 is 11.8 Å². The molecule has 3 heteroatoms. The molecule has 2 nitrogen and oxygen atoms in total. The third kappa shape index (κ3) is 1.35. The molecule has 1 fully saturated rings. The molecule has 1 aromatic carbocycles. The number of fused-ring (bicyclic) bond motifs is 5. The van der Waals surface area contributed by atoms with Crippen LogP contribution in [-0.2, 0) is 5.54 Å². The predicted octanol–water partition coefficient (Wildman–Crippen LogP) is 2.17. The number of nitrogens with one attached hydrogen (secondary N) is 2. The Hall–Kier alpha value is -0.930. The van der Waals surface area contributed by atoms with Gasteiger partial charge in [-0.25, -0.2) is 0 Å². The van der Waals surface area contributed by atoms with E-state index in [1.54, 1.807) is 4.90 Å². The van der Waals surface area contributed by atoms with Crippen molar-refractivity contribution in [3.05, 3.63) is 30.0 Å². The van der Waals surface area contributed by atoms with Gasteiger partial charge in [0.25, 0.3) is 0 Å². The van der Waals surface area contributed by atoms with Crippen molar-refractivity contribution in [1.82, 2.24) is 4.98 Å². The number of hydrogen-bond acceptors (Lipinski definition) is 1. The molecule has 1 saturated heterocycles. The van der Waals surface area contributed by atoms with E-state index < -0.39 is 0 Å². The van der Waals surface area contributed by atoms with Gasteiger partial charge in [0.05, 0.1) is 18.8 Å². The molecule has 2 N–H and O–H groups in total. The van der Waals surface area contributed by atoms with Crippen LogP contribution in [0.4, 0.5) is 0 Å². The number of aromatic amines is 1. The minimum Gasteiger partial charge on any atom is -0.352 e. The maximum Gasteiger partial charge on any atom is 0.137 e. The quantitative estimate of drug-likeness (QED) is 0.743. The summed E-state index contributed by atoms with van der Waals surface area (Å²) in [5.74, 6) is 1.25. The van der Waals surface area contributed by atoms with Gasteiger partial charge in [-0.05, 0) is 13.0 Å². The number of thioether (sulfide) groups is 1. The van der Waals surface area contributed by atoms with E-state index in [-0.39, 0.29) is 0 Å². The van der Waals surface area contributed by atoms with Gasteiger partial charge >= 0.3 is 0 Å². The van der Waals surface area contributed by atoms with Gasteiger partial charge in [0.1, 0.15) is 5.54 Å². The Morgan fingerprint density at radius 3 is 3.11 bits per heavy atom. The summed E-state index contributed by atoms with van der Waals surface area (Å²) in [4.78, 5) is 7.02. The smallest absolute Gasteiger partial charge is 0.137 e. The van der Waals surface area contributed by atoms with Crippen molar-refractivity contribution in [2.75, 3.05) is 18.8 Å². The van der Waals surface area contributed by atoms with E-state index in [1.807, 2.05) is 11.8 Å². The zero-order chi connectivity index (χ0) is 12.2. The van der Waals surface area contributed by atoms with E-state index in [9.17, 15) is 0 Å². The summed E-state index contributed by atoms with van der Waals surface area (Å²) in [7, 11) is 0. The molecule has 2 aliphatic rings. The lowest BCUT2D eigenvalue weighted by Crippen LogP contribution is -3.16. The second kappa shape index (κ2) is 3.78. The minimum atomic E-state index is 0.317. The van der Waals surface area contributed by atoms with E-state index in [4.69, 9.17) is 0 Å². The third-order valence-electron chi connectivity index (χ3n) is 4.80. The molecule has 2 aliphatic heterocycles. The molecule has 0 aliphatic carbocycles. The number of benzene rings is 1. The fourth-order valence-corrected chi connectivity index (χ4v) is 5.05. The standard InChI is InChI=1S/C15H18N2S/c1-15-7-4-8-17(15)9-10-18-13-11-5-2-3-6-12(11)16-14(13)15/h2-3,5-6,16H,4,7-10H2,1H3/p+1/t15-/m0/s1. The lowest BCUT2D eigenvalue weighted by Gasteiger charge is -2.29. The second-order valence-corrected chi connectivity index (χ2v) is 6.87. The van der Waals surface area contributed by atoms with Crippen LogP contribution in [-0.4, -0.2) is 23.8 Å². The SMILES string of the molecule is C[C@@]12CCC[NH+]1CCSc1c2[nH]c2ccccc12. The van der Waals surface area contributed by atoms with Crippen LogP contribution in [0.3, 0.4) is 0 Å². The molecular weight excluding hydrogens is 240 g/mol. The summed E-state index contributed by atoms with van der Waals surface area (Å²) in [6.07, 6.45) is 2.69. The summed E-state index contributed by atoms with van der Waals surface area (Å²) in [5.41, 5.74) is 3.13. The van der Waals surface area contributed by atoms with Crippen LogP contribution in [0.25, 0.3) is 10.9 Å². The number of rotatable bonds is 0. The average Bonchev–Trinajstić information content (AvgIpc) is 2.90. The summed E-state index contributed by atoms with van der Waals surface area (Å²) < 4.78 is 0. The lowest BCUT2D eigenvalue weighted by atomic mass is 9.94. The Kier molecular flexibility index (Phi) is 2.30. The molecule has 0 spiro atoms. The molecule has 4 rings (SSSR count). The van der Waals surface area contributed by atoms with Gasteiger partial charge in [-0.2, -0.15) is 0 Å². The Morgan fingerprint density at radius 1 is 1.28 bits per heavy atom. The molecule has 1 unspecified atom stereocenters. The predicted molar refractivity (Wildman–Crippen MR) is 76.3 cm³/mol. The van der Waals surface area contributed by atoms with Gasteiger partial charge in [0, 0.05) is 34.4 Å². The fourth-order valence-electron chi connectivity index (χ4n) is 3.74. The Balaban J connectivity index is 2.00. The molecule has 18 heavy (non-hydrogen) atoms. The fraction of sp³-hybridized carbons (Fsp3) is 0.467. The first-order valence-corrected chi connectivity index (χ1v) is 7.87. The van der Waals surface area contributed by atoms with Gasteiger partial charge in [0.15, 0.2) is 0 Å². The third-order valence-corrected chi connectivity index (χ3v) is 5.92. The van der Waals surface area contributed by atoms with Gasteiger partial charge in [-0.3, -0.25) is 0 Å². The molecule has 0 saturated carbocycles. The maximum atomic E-state index is 3.73. The minimum absolute atomic E-state index is 0.317. The molecule has 0 radical (unpaired) electrons. The monoisotopic (exact) mass is 259 g/mol. The van der Waals surface area contributed by atoms with Crippen molar-refractivity contribution in [2.24, 2.45) is 0 Å². The summed E-state index contributed by atoms with van der Waals surface area (Å²) in [6.45, 7) is 5.10. The van der Waals surface area contributed by atoms with Crippen molar-refractivity contribution < 1.29 is 4.90 Å². The van der Waals surface area contributed by atoms with Crippen LogP contribution in [0.15, 0.2) is 29.2 Å². The number of quaternary nitrogens is 1. The topological polar surface area (TPSA) is 20.2 Å². The van der Waals surface area contributed by atoms with Crippen molar-refractivity contribution >= 4 is 22.7 Å².